The highest BCUT2D eigenvalue weighted by atomic mass is 19.1. The molecule has 4 rings (SSSR count). The van der Waals surface area contributed by atoms with Gasteiger partial charge in [-0.05, 0) is 60.2 Å². The first-order valence-corrected chi connectivity index (χ1v) is 8.92. The quantitative estimate of drug-likeness (QED) is 0.490. The molecule has 146 valence electrons. The number of anilines is 1. The van der Waals surface area contributed by atoms with E-state index in [1.165, 1.54) is 30.3 Å². The molecular weight excluding hydrogens is 387 g/mol. The Kier molecular flexibility index (Phi) is 4.82. The Bertz CT molecular complexity index is 1210. The minimum atomic E-state index is -0.650. The average molecular weight is 400 g/mol. The number of amides is 2. The predicted molar refractivity (Wildman–Crippen MR) is 104 cm³/mol. The summed E-state index contributed by atoms with van der Waals surface area (Å²) in [5, 5.41) is 8.81. The lowest BCUT2D eigenvalue weighted by Crippen LogP contribution is -2.29. The minimum Gasteiger partial charge on any atom is -0.457 e. The summed E-state index contributed by atoms with van der Waals surface area (Å²) < 4.78 is 18.4. The summed E-state index contributed by atoms with van der Waals surface area (Å²) in [5.41, 5.74) is 1.82. The highest BCUT2D eigenvalue weighted by Crippen LogP contribution is 2.29. The summed E-state index contributed by atoms with van der Waals surface area (Å²) in [6, 6.07) is 17.7. The first-order chi connectivity index (χ1) is 14.5. The third-order valence-corrected chi connectivity index (χ3v) is 4.66. The largest absolute Gasteiger partial charge is 0.457 e. The molecule has 30 heavy (non-hydrogen) atoms. The zero-order valence-electron chi connectivity index (χ0n) is 15.5. The molecule has 0 N–H and O–H groups in total. The van der Waals surface area contributed by atoms with Gasteiger partial charge in [-0.2, -0.15) is 5.26 Å². The molecule has 0 aliphatic carbocycles. The number of benzene rings is 3. The van der Waals surface area contributed by atoms with E-state index in [0.717, 1.165) is 17.0 Å². The molecule has 0 saturated carbocycles. The van der Waals surface area contributed by atoms with Gasteiger partial charge in [-0.15, -0.1) is 0 Å². The maximum Gasteiger partial charge on any atom is 0.338 e. The Labute approximate surface area is 170 Å². The molecule has 0 saturated heterocycles. The maximum absolute atomic E-state index is 13.2. The molecule has 3 aromatic rings. The summed E-state index contributed by atoms with van der Waals surface area (Å²) in [4.78, 5) is 38.7. The Morgan fingerprint density at radius 1 is 0.933 bits per heavy atom. The molecular formula is C23H13FN2O4. The molecule has 7 heteroatoms. The number of ether oxygens (including phenoxy) is 1. The standard InChI is InChI=1S/C23H13FN2O4/c24-17-6-8-18(9-7-17)26-21(27)19-10-5-16(11-20(19)22(26)28)23(29)30-13-15-3-1-14(12-25)2-4-15/h1-11H,13H2. The Balaban J connectivity index is 1.52. The number of rotatable bonds is 4. The molecule has 1 heterocycles. The summed E-state index contributed by atoms with van der Waals surface area (Å²) >= 11 is 0. The van der Waals surface area contributed by atoms with Gasteiger partial charge >= 0.3 is 5.97 Å². The van der Waals surface area contributed by atoms with Crippen molar-refractivity contribution in [1.29, 1.82) is 5.26 Å². The van der Waals surface area contributed by atoms with Crippen LogP contribution in [0.5, 0.6) is 0 Å². The van der Waals surface area contributed by atoms with Crippen LogP contribution in [0.3, 0.4) is 0 Å². The van der Waals surface area contributed by atoms with Crippen molar-refractivity contribution < 1.29 is 23.5 Å². The lowest BCUT2D eigenvalue weighted by molar-refractivity contribution is 0.0472. The Morgan fingerprint density at radius 2 is 1.60 bits per heavy atom. The first kappa shape index (κ1) is 19.0. The van der Waals surface area contributed by atoms with Gasteiger partial charge in [-0.3, -0.25) is 9.59 Å². The number of hydrogen-bond acceptors (Lipinski definition) is 5. The molecule has 2 amide bonds. The SMILES string of the molecule is N#Cc1ccc(COC(=O)c2ccc3c(c2)C(=O)N(c2ccc(F)cc2)C3=O)cc1. The van der Waals surface area contributed by atoms with Crippen molar-refractivity contribution in [3.05, 3.63) is 100 Å². The van der Waals surface area contributed by atoms with Gasteiger partial charge in [-0.25, -0.2) is 14.1 Å². The van der Waals surface area contributed by atoms with Gasteiger partial charge in [0.2, 0.25) is 0 Å². The van der Waals surface area contributed by atoms with Gasteiger partial charge in [0.05, 0.1) is 34.0 Å². The summed E-state index contributed by atoms with van der Waals surface area (Å²) in [6.07, 6.45) is 0. The number of nitrogens with zero attached hydrogens (tertiary/aromatic N) is 2. The monoisotopic (exact) mass is 400 g/mol. The fourth-order valence-electron chi connectivity index (χ4n) is 3.10. The molecule has 0 fully saturated rings. The van der Waals surface area contributed by atoms with Crippen molar-refractivity contribution >= 4 is 23.5 Å². The second-order valence-corrected chi connectivity index (χ2v) is 6.57. The zero-order chi connectivity index (χ0) is 21.3. The smallest absolute Gasteiger partial charge is 0.338 e. The van der Waals surface area contributed by atoms with Crippen LogP contribution in [0, 0.1) is 17.1 Å². The van der Waals surface area contributed by atoms with Gasteiger partial charge in [0.25, 0.3) is 11.8 Å². The lowest BCUT2D eigenvalue weighted by atomic mass is 10.1. The molecule has 3 aromatic carbocycles. The fourth-order valence-corrected chi connectivity index (χ4v) is 3.10. The van der Waals surface area contributed by atoms with Crippen LogP contribution in [0.25, 0.3) is 0 Å². The van der Waals surface area contributed by atoms with Crippen LogP contribution in [0.15, 0.2) is 66.7 Å². The second-order valence-electron chi connectivity index (χ2n) is 6.57. The van der Waals surface area contributed by atoms with E-state index >= 15 is 0 Å². The number of imide groups is 1. The minimum absolute atomic E-state index is 0.00376. The van der Waals surface area contributed by atoms with Crippen molar-refractivity contribution in [1.82, 2.24) is 0 Å². The van der Waals surface area contributed by atoms with E-state index in [9.17, 15) is 18.8 Å². The Hall–Kier alpha value is -4.31. The normalized spacial score (nSPS) is 12.5. The lowest BCUT2D eigenvalue weighted by Gasteiger charge is -2.13. The molecule has 0 bridgehead atoms. The summed E-state index contributed by atoms with van der Waals surface area (Å²) in [6.45, 7) is -0.00376. The molecule has 0 spiro atoms. The average Bonchev–Trinajstić information content (AvgIpc) is 3.02. The van der Waals surface area contributed by atoms with Gasteiger partial charge in [0.1, 0.15) is 12.4 Å². The van der Waals surface area contributed by atoms with E-state index in [-0.39, 0.29) is 29.0 Å². The number of esters is 1. The number of carbonyl (C=O) groups is 3. The van der Waals surface area contributed by atoms with Crippen LogP contribution in [-0.2, 0) is 11.3 Å². The highest BCUT2D eigenvalue weighted by Gasteiger charge is 2.37. The third kappa shape index (κ3) is 3.42. The topological polar surface area (TPSA) is 87.5 Å². The molecule has 0 radical (unpaired) electrons. The fraction of sp³-hybridized carbons (Fsp3) is 0.0435. The molecule has 0 unspecified atom stereocenters. The molecule has 1 aliphatic rings. The second kappa shape index (κ2) is 7.60. The third-order valence-electron chi connectivity index (χ3n) is 4.66. The summed E-state index contributed by atoms with van der Waals surface area (Å²) in [7, 11) is 0. The van der Waals surface area contributed by atoms with E-state index in [1.807, 2.05) is 6.07 Å². The first-order valence-electron chi connectivity index (χ1n) is 8.92. The molecule has 0 aromatic heterocycles. The van der Waals surface area contributed by atoms with E-state index in [4.69, 9.17) is 10.00 Å². The Morgan fingerprint density at radius 3 is 2.27 bits per heavy atom. The molecule has 1 aliphatic heterocycles. The summed E-state index contributed by atoms with van der Waals surface area (Å²) in [5.74, 6) is -2.27. The van der Waals surface area contributed by atoms with Crippen molar-refractivity contribution in [2.24, 2.45) is 0 Å². The van der Waals surface area contributed by atoms with Gasteiger partial charge in [0, 0.05) is 0 Å². The zero-order valence-corrected chi connectivity index (χ0v) is 15.5. The van der Waals surface area contributed by atoms with E-state index in [2.05, 4.69) is 0 Å². The molecule has 6 nitrogen and oxygen atoms in total. The predicted octanol–water partition coefficient (Wildman–Crippen LogP) is 3.85. The van der Waals surface area contributed by atoms with Gasteiger partial charge in [0.15, 0.2) is 0 Å². The highest BCUT2D eigenvalue weighted by molar-refractivity contribution is 6.34. The van der Waals surface area contributed by atoms with Crippen molar-refractivity contribution in [3.8, 4) is 6.07 Å². The van der Waals surface area contributed by atoms with Crippen LogP contribution in [0.1, 0.15) is 42.2 Å². The van der Waals surface area contributed by atoms with E-state index < -0.39 is 23.6 Å². The van der Waals surface area contributed by atoms with Crippen molar-refractivity contribution in [2.45, 2.75) is 6.61 Å². The van der Waals surface area contributed by atoms with Crippen molar-refractivity contribution in [2.75, 3.05) is 4.90 Å². The molecule has 0 atom stereocenters. The van der Waals surface area contributed by atoms with Crippen LogP contribution < -0.4 is 4.90 Å². The van der Waals surface area contributed by atoms with E-state index in [0.29, 0.717) is 11.1 Å². The number of fused-ring (bicyclic) bond motifs is 1. The van der Waals surface area contributed by atoms with Crippen LogP contribution in [0.2, 0.25) is 0 Å². The maximum atomic E-state index is 13.2. The van der Waals surface area contributed by atoms with Crippen LogP contribution >= 0.6 is 0 Å². The van der Waals surface area contributed by atoms with Gasteiger partial charge < -0.3 is 4.74 Å². The van der Waals surface area contributed by atoms with Crippen molar-refractivity contribution in [3.63, 3.8) is 0 Å². The van der Waals surface area contributed by atoms with Crippen LogP contribution in [0.4, 0.5) is 10.1 Å². The van der Waals surface area contributed by atoms with Gasteiger partial charge in [-0.1, -0.05) is 12.1 Å². The van der Waals surface area contributed by atoms with E-state index in [1.54, 1.807) is 24.3 Å². The number of halogens is 1. The number of hydrogen-bond donors (Lipinski definition) is 0. The number of nitriles is 1. The number of carbonyl (C=O) groups excluding carboxylic acids is 3. The van der Waals surface area contributed by atoms with Crippen LogP contribution in [-0.4, -0.2) is 17.8 Å².